The van der Waals surface area contributed by atoms with Crippen molar-refractivity contribution in [2.45, 2.75) is 102 Å². The Balaban J connectivity index is 1.44. The van der Waals surface area contributed by atoms with Gasteiger partial charge in [-0.15, -0.1) is 11.3 Å². The molecule has 54 heavy (non-hydrogen) atoms. The van der Waals surface area contributed by atoms with Crippen LogP contribution in [0.5, 0.6) is 0 Å². The molecule has 2 aliphatic rings. The lowest BCUT2D eigenvalue weighted by Crippen LogP contribution is -2.50. The van der Waals surface area contributed by atoms with E-state index in [0.717, 1.165) is 29.7 Å². The number of amides is 4. The zero-order chi connectivity index (χ0) is 40.3. The first-order chi connectivity index (χ1) is 25.0. The second-order valence-electron chi connectivity index (χ2n) is 15.3. The molecule has 3 N–H and O–H groups in total. The Labute approximate surface area is 339 Å². The van der Waals surface area contributed by atoms with E-state index < -0.39 is 44.7 Å². The van der Waals surface area contributed by atoms with E-state index in [1.165, 1.54) is 7.05 Å². The summed E-state index contributed by atoms with van der Waals surface area (Å²) in [5, 5.41) is 5.24. The van der Waals surface area contributed by atoms with Crippen LogP contribution in [0.2, 0.25) is 8.67 Å². The summed E-state index contributed by atoms with van der Waals surface area (Å²) < 4.78 is 28.2. The van der Waals surface area contributed by atoms with Crippen molar-refractivity contribution in [3.63, 3.8) is 0 Å². The Hall–Kier alpha value is -2.89. The lowest BCUT2D eigenvalue weighted by Gasteiger charge is -2.33. The molecular formula is C36H48BrCl2N5O8S2. The van der Waals surface area contributed by atoms with Gasteiger partial charge >= 0.3 is 12.1 Å². The zero-order valence-electron chi connectivity index (χ0n) is 31.5. The van der Waals surface area contributed by atoms with Gasteiger partial charge in [-0.1, -0.05) is 23.2 Å². The highest BCUT2D eigenvalue weighted by Crippen LogP contribution is 2.43. The molecule has 2 aromatic rings. The minimum absolute atomic E-state index is 0.0350. The molecule has 4 amide bonds. The summed E-state index contributed by atoms with van der Waals surface area (Å²) in [4.78, 5) is 69.4. The summed E-state index contributed by atoms with van der Waals surface area (Å²) in [5.74, 6) is 2.02. The highest BCUT2D eigenvalue weighted by atomic mass is 79.9. The fraction of sp³-hybridized carbons (Fsp3) is 0.556. The maximum Gasteiger partial charge on any atom is 0.410 e. The summed E-state index contributed by atoms with van der Waals surface area (Å²) in [6.07, 6.45) is 2.25. The Bertz CT molecular complexity index is 1900. The van der Waals surface area contributed by atoms with Crippen LogP contribution in [0.4, 0.5) is 4.79 Å². The second-order valence-corrected chi connectivity index (χ2v) is 20.3. The Kier molecular flexibility index (Phi) is 14.2. The third-order valence-electron chi connectivity index (χ3n) is 8.71. The van der Waals surface area contributed by atoms with Gasteiger partial charge in [0.1, 0.15) is 25.9 Å². The predicted octanol–water partition coefficient (Wildman–Crippen LogP) is 6.17. The van der Waals surface area contributed by atoms with Crippen molar-refractivity contribution in [2.75, 3.05) is 26.7 Å². The van der Waals surface area contributed by atoms with E-state index in [0.29, 0.717) is 37.4 Å². The molecule has 0 saturated carbocycles. The highest BCUT2D eigenvalue weighted by molar-refractivity contribution is 9.10. The molecule has 1 unspecified atom stereocenters. The van der Waals surface area contributed by atoms with Crippen molar-refractivity contribution in [3.05, 3.63) is 47.5 Å². The molecule has 2 atom stereocenters. The molecule has 18 heteroatoms. The summed E-state index contributed by atoms with van der Waals surface area (Å²) in [7, 11) is -2.02. The Morgan fingerprint density at radius 1 is 0.944 bits per heavy atom. The molecule has 3 heterocycles. The minimum atomic E-state index is -3.46. The molecule has 4 rings (SSSR count). The number of thiophene rings is 1. The number of halogens is 3. The van der Waals surface area contributed by atoms with E-state index in [-0.39, 0.29) is 60.8 Å². The summed E-state index contributed by atoms with van der Waals surface area (Å²) in [5.41, 5.74) is 0.102. The van der Waals surface area contributed by atoms with Crippen LogP contribution in [0.3, 0.4) is 0 Å². The monoisotopic (exact) mass is 891 g/mol. The molecule has 1 saturated heterocycles. The van der Waals surface area contributed by atoms with Crippen molar-refractivity contribution < 1.29 is 37.7 Å². The van der Waals surface area contributed by atoms with E-state index in [1.54, 1.807) is 42.7 Å². The van der Waals surface area contributed by atoms with Crippen molar-refractivity contribution >= 4 is 95.8 Å². The van der Waals surface area contributed by atoms with E-state index in [9.17, 15) is 28.2 Å². The number of nitrogens with zero attached hydrogens (tertiary/aromatic N) is 2. The quantitative estimate of drug-likeness (QED) is 0.178. The zero-order valence-corrected chi connectivity index (χ0v) is 36.2. The fourth-order valence-electron chi connectivity index (χ4n) is 6.10. The molecular weight excluding hydrogens is 845 g/mol. The Morgan fingerprint density at radius 2 is 1.50 bits per heavy atom. The third kappa shape index (κ3) is 11.3. The van der Waals surface area contributed by atoms with E-state index in [1.807, 2.05) is 20.8 Å². The largest absolute Gasteiger partial charge is 0.459 e. The molecule has 0 radical (unpaired) electrons. The third-order valence-corrected chi connectivity index (χ3v) is 13.8. The van der Waals surface area contributed by atoms with Crippen LogP contribution in [0, 0.1) is 5.92 Å². The number of benzene rings is 1. The SMILES string of the molecule is C=S(=O)(N[C@@H](CNC(=O)c1cc2c(cc1C(=O)NC)CN(C(=O)CCC1CCN(C(=O)OC(C)(C)C)CC1)C2)C(=O)OC(C)(C)C)c1c(Cl)sc(Cl)c1Br. The number of nitrogens with one attached hydrogen (secondary N) is 3. The van der Waals surface area contributed by atoms with Crippen LogP contribution in [0.15, 0.2) is 21.5 Å². The normalized spacial score (nSPS) is 16.6. The van der Waals surface area contributed by atoms with Gasteiger partial charge in [0, 0.05) is 46.2 Å². The number of esters is 1. The van der Waals surface area contributed by atoms with Crippen molar-refractivity contribution in [3.8, 4) is 0 Å². The topological polar surface area (TPSA) is 163 Å². The van der Waals surface area contributed by atoms with Gasteiger partial charge in [-0.05, 0) is 112 Å². The number of hydrogen-bond acceptors (Lipinski definition) is 9. The molecule has 0 bridgehead atoms. The standard InChI is InChI=1S/C36H48BrCl2N5O8S2/c1-35(2,3)51-33(48)25(42-54(8,50)28-27(37)29(38)53-30(28)39)17-41-32(47)24-16-22-19-44(18-21(22)15-23(24)31(46)40-7)26(45)10-9-20-11-13-43(14-12-20)34(49)52-36(4,5)6/h15-16,20,25H,8-14,17-19H2,1-7H3,(H,40,46)(H,41,47)(H,42,50)/t25-,54?/m0/s1. The van der Waals surface area contributed by atoms with Gasteiger partial charge in [0.15, 0.2) is 0 Å². The summed E-state index contributed by atoms with van der Waals surface area (Å²) in [6.45, 7) is 11.8. The van der Waals surface area contributed by atoms with E-state index in [4.69, 9.17) is 32.7 Å². The average molecular weight is 894 g/mol. The van der Waals surface area contributed by atoms with Crippen LogP contribution in [0.25, 0.3) is 0 Å². The van der Waals surface area contributed by atoms with Crippen molar-refractivity contribution in [2.24, 2.45) is 5.92 Å². The first-order valence-electron chi connectivity index (χ1n) is 17.4. The van der Waals surface area contributed by atoms with Gasteiger partial charge in [0.05, 0.1) is 30.2 Å². The van der Waals surface area contributed by atoms with E-state index in [2.05, 4.69) is 37.2 Å². The summed E-state index contributed by atoms with van der Waals surface area (Å²) in [6, 6.07) is 1.84. The number of carbonyl (C=O) groups excluding carboxylic acids is 5. The number of likely N-dealkylation sites (tertiary alicyclic amines) is 1. The molecule has 1 fully saturated rings. The Morgan fingerprint density at radius 3 is 2.00 bits per heavy atom. The van der Waals surface area contributed by atoms with Gasteiger partial charge in [0.2, 0.25) is 5.91 Å². The van der Waals surface area contributed by atoms with Gasteiger partial charge in [-0.2, -0.15) is 0 Å². The maximum absolute atomic E-state index is 13.8. The van der Waals surface area contributed by atoms with Crippen LogP contribution < -0.4 is 15.4 Å². The van der Waals surface area contributed by atoms with Crippen molar-refractivity contribution in [1.82, 2.24) is 25.2 Å². The molecule has 1 aromatic heterocycles. The molecule has 13 nitrogen and oxygen atoms in total. The lowest BCUT2D eigenvalue weighted by atomic mass is 9.92. The van der Waals surface area contributed by atoms with E-state index >= 15 is 0 Å². The number of ether oxygens (including phenoxy) is 2. The van der Waals surface area contributed by atoms with Gasteiger partial charge in [-0.3, -0.25) is 19.2 Å². The van der Waals surface area contributed by atoms with Crippen molar-refractivity contribution in [1.29, 1.82) is 0 Å². The highest BCUT2D eigenvalue weighted by Gasteiger charge is 2.33. The number of rotatable bonds is 11. The second kappa shape index (κ2) is 17.5. The van der Waals surface area contributed by atoms with Gasteiger partial charge < -0.3 is 29.9 Å². The first kappa shape index (κ1) is 43.8. The number of hydrogen-bond donors (Lipinski definition) is 3. The van der Waals surface area contributed by atoms with Crippen LogP contribution in [-0.4, -0.2) is 93.6 Å². The van der Waals surface area contributed by atoms with Gasteiger partial charge in [-0.25, -0.2) is 13.7 Å². The van der Waals surface area contributed by atoms with Crippen LogP contribution in [-0.2, 0) is 41.9 Å². The first-order valence-corrected chi connectivity index (χ1v) is 21.5. The molecule has 298 valence electrons. The molecule has 0 aliphatic carbocycles. The summed E-state index contributed by atoms with van der Waals surface area (Å²) >= 11 is 16.7. The predicted molar refractivity (Wildman–Crippen MR) is 215 cm³/mol. The minimum Gasteiger partial charge on any atom is -0.459 e. The number of fused-ring (bicyclic) bond motifs is 1. The average Bonchev–Trinajstić information content (AvgIpc) is 3.61. The molecule has 0 spiro atoms. The molecule has 1 aromatic carbocycles. The number of piperidine rings is 1. The number of carbonyl (C=O) groups is 5. The van der Waals surface area contributed by atoms with Crippen LogP contribution in [0.1, 0.15) is 99.1 Å². The lowest BCUT2D eigenvalue weighted by molar-refractivity contribution is -0.156. The maximum atomic E-state index is 13.8. The fourth-order valence-corrected chi connectivity index (χ4v) is 11.3. The van der Waals surface area contributed by atoms with Gasteiger partial charge in [0.25, 0.3) is 11.8 Å². The molecule has 2 aliphatic heterocycles. The van der Waals surface area contributed by atoms with Crippen LogP contribution >= 0.6 is 50.5 Å². The smallest absolute Gasteiger partial charge is 0.410 e.